The summed E-state index contributed by atoms with van der Waals surface area (Å²) in [6.07, 6.45) is 69.3. The summed E-state index contributed by atoms with van der Waals surface area (Å²) in [6.45, 7) is 14.4. The van der Waals surface area contributed by atoms with Gasteiger partial charge < -0.3 is 33.8 Å². The largest absolute Gasteiger partial charge is 0.472 e. The highest BCUT2D eigenvalue weighted by Gasteiger charge is 2.31. The summed E-state index contributed by atoms with van der Waals surface area (Å²) in [5, 5.41) is 10.7. The summed E-state index contributed by atoms with van der Waals surface area (Å²) >= 11 is 0. The van der Waals surface area contributed by atoms with Crippen molar-refractivity contribution in [3.05, 3.63) is 0 Å². The van der Waals surface area contributed by atoms with E-state index in [1.807, 2.05) is 0 Å². The van der Waals surface area contributed by atoms with E-state index in [1.165, 1.54) is 276 Å². The number of rotatable bonds is 87. The smallest absolute Gasteiger partial charge is 0.462 e. The quantitative estimate of drug-likeness (QED) is 0.0222. The summed E-state index contributed by atoms with van der Waals surface area (Å²) < 4.78 is 69.1. The lowest BCUT2D eigenvalue weighted by atomic mass is 9.99. The Hall–Kier alpha value is -1.94. The first-order chi connectivity index (χ1) is 52.7. The van der Waals surface area contributed by atoms with Gasteiger partial charge in [-0.25, -0.2) is 9.13 Å². The Kier molecular flexibility index (Phi) is 77.2. The van der Waals surface area contributed by atoms with E-state index < -0.39 is 97.5 Å². The molecular formula is C90H176O17P2. The van der Waals surface area contributed by atoms with Crippen LogP contribution in [0.25, 0.3) is 0 Å². The van der Waals surface area contributed by atoms with Crippen molar-refractivity contribution in [2.24, 2.45) is 23.7 Å². The summed E-state index contributed by atoms with van der Waals surface area (Å²) in [5.41, 5.74) is 0. The highest BCUT2D eigenvalue weighted by molar-refractivity contribution is 7.47. The van der Waals surface area contributed by atoms with Crippen LogP contribution < -0.4 is 0 Å². The van der Waals surface area contributed by atoms with E-state index in [9.17, 15) is 43.2 Å². The second-order valence-electron chi connectivity index (χ2n) is 33.8. The molecule has 109 heavy (non-hydrogen) atoms. The Morgan fingerprint density at radius 2 is 0.440 bits per heavy atom. The summed E-state index contributed by atoms with van der Waals surface area (Å²) in [4.78, 5) is 73.4. The molecular weight excluding hydrogens is 1410 g/mol. The zero-order chi connectivity index (χ0) is 80.2. The first kappa shape index (κ1) is 107. The van der Waals surface area contributed by atoms with Crippen LogP contribution in [0.2, 0.25) is 0 Å². The number of aliphatic hydroxyl groups excluding tert-OH is 1. The Balaban J connectivity index is 5.26. The van der Waals surface area contributed by atoms with Gasteiger partial charge in [-0.15, -0.1) is 0 Å². The minimum Gasteiger partial charge on any atom is -0.462 e. The number of aliphatic hydroxyl groups is 1. The van der Waals surface area contributed by atoms with Crippen LogP contribution in [0.15, 0.2) is 0 Å². The summed E-state index contributed by atoms with van der Waals surface area (Å²) in [7, 11) is -9.94. The highest BCUT2D eigenvalue weighted by Crippen LogP contribution is 2.45. The molecule has 4 unspecified atom stereocenters. The Bertz CT molecular complexity index is 2110. The normalized spacial score (nSPS) is 14.4. The van der Waals surface area contributed by atoms with Crippen molar-refractivity contribution in [1.29, 1.82) is 0 Å². The number of ether oxygens (including phenoxy) is 4. The molecule has 7 atom stereocenters. The van der Waals surface area contributed by atoms with E-state index in [4.69, 9.17) is 37.0 Å². The Morgan fingerprint density at radius 3 is 0.651 bits per heavy atom. The van der Waals surface area contributed by atoms with E-state index in [1.54, 1.807) is 0 Å². The second kappa shape index (κ2) is 78.6. The van der Waals surface area contributed by atoms with Gasteiger partial charge in [0, 0.05) is 25.7 Å². The molecule has 0 aliphatic heterocycles. The average Bonchev–Trinajstić information content (AvgIpc) is 0.931. The van der Waals surface area contributed by atoms with Gasteiger partial charge in [-0.3, -0.25) is 37.3 Å². The van der Waals surface area contributed by atoms with E-state index in [0.717, 1.165) is 114 Å². The molecule has 0 aromatic heterocycles. The van der Waals surface area contributed by atoms with Gasteiger partial charge in [-0.2, -0.15) is 0 Å². The van der Waals surface area contributed by atoms with Crippen LogP contribution in [0, 0.1) is 23.7 Å². The number of carbonyl (C=O) groups excluding carboxylic acids is 4. The third kappa shape index (κ3) is 81.0. The summed E-state index contributed by atoms with van der Waals surface area (Å²) in [6, 6.07) is 0. The predicted octanol–water partition coefficient (Wildman–Crippen LogP) is 27.5. The predicted molar refractivity (Wildman–Crippen MR) is 451 cm³/mol. The van der Waals surface area contributed by atoms with Crippen LogP contribution in [-0.2, 0) is 65.4 Å². The fourth-order valence-electron chi connectivity index (χ4n) is 14.0. The fourth-order valence-corrected chi connectivity index (χ4v) is 15.5. The topological polar surface area (TPSA) is 237 Å². The number of phosphoric ester groups is 2. The molecule has 0 saturated heterocycles. The van der Waals surface area contributed by atoms with Crippen molar-refractivity contribution < 1.29 is 80.2 Å². The third-order valence-electron chi connectivity index (χ3n) is 21.8. The van der Waals surface area contributed by atoms with Crippen LogP contribution in [0.5, 0.6) is 0 Å². The molecule has 0 radical (unpaired) electrons. The van der Waals surface area contributed by atoms with Crippen LogP contribution >= 0.6 is 15.6 Å². The van der Waals surface area contributed by atoms with Crippen molar-refractivity contribution in [3.8, 4) is 0 Å². The molecule has 0 rings (SSSR count). The number of esters is 4. The third-order valence-corrected chi connectivity index (χ3v) is 23.7. The van der Waals surface area contributed by atoms with E-state index in [0.29, 0.717) is 25.7 Å². The molecule has 0 amide bonds. The standard InChI is InChI=1S/C90H176O17P2/c1-9-82(7)68-60-52-44-36-30-24-17-13-11-12-14-18-26-32-38-48-56-64-72-89(94)106-85(76-100-87(92)70-62-54-46-37-31-25-19-15-16-22-28-34-42-50-58-66-80(3)4)78-104-108(96,97)102-74-84(91)75-103-109(98,99)105-79-86(77-101-88(93)71-63-55-47-41-40-45-53-61-69-83(8)10-2)107-90(95)73-65-57-49-39-33-27-21-20-23-29-35-43-51-59-67-81(5)6/h80-86,91H,9-79H2,1-8H3,(H,96,97)(H,98,99)/t82?,83?,84-,85-,86-/m1/s1. The maximum atomic E-state index is 13.2. The molecule has 0 aromatic carbocycles. The minimum absolute atomic E-state index is 0.107. The van der Waals surface area contributed by atoms with E-state index in [-0.39, 0.29) is 25.7 Å². The van der Waals surface area contributed by atoms with Gasteiger partial charge in [0.2, 0.25) is 0 Å². The lowest BCUT2D eigenvalue weighted by Gasteiger charge is -2.21. The van der Waals surface area contributed by atoms with E-state index >= 15 is 0 Å². The van der Waals surface area contributed by atoms with Gasteiger partial charge in [0.15, 0.2) is 12.2 Å². The molecule has 0 saturated carbocycles. The second-order valence-corrected chi connectivity index (χ2v) is 36.7. The molecule has 0 aromatic rings. The minimum atomic E-state index is -4.97. The van der Waals surface area contributed by atoms with Crippen LogP contribution in [0.3, 0.4) is 0 Å². The molecule has 17 nitrogen and oxygen atoms in total. The van der Waals surface area contributed by atoms with Gasteiger partial charge in [0.1, 0.15) is 19.3 Å². The van der Waals surface area contributed by atoms with Crippen molar-refractivity contribution in [3.63, 3.8) is 0 Å². The zero-order valence-electron chi connectivity index (χ0n) is 72.2. The van der Waals surface area contributed by atoms with Crippen LogP contribution in [0.1, 0.15) is 473 Å². The lowest BCUT2D eigenvalue weighted by molar-refractivity contribution is -0.161. The molecule has 0 aliphatic rings. The number of unbranched alkanes of at least 4 members (excludes halogenated alkanes) is 51. The zero-order valence-corrected chi connectivity index (χ0v) is 74.0. The number of carbonyl (C=O) groups is 4. The van der Waals surface area contributed by atoms with Gasteiger partial charge in [0.25, 0.3) is 0 Å². The summed E-state index contributed by atoms with van der Waals surface area (Å²) in [5.74, 6) is 1.15. The lowest BCUT2D eigenvalue weighted by Crippen LogP contribution is -2.30. The molecule has 648 valence electrons. The molecule has 0 fully saturated rings. The highest BCUT2D eigenvalue weighted by atomic mass is 31.2. The number of hydrogen-bond acceptors (Lipinski definition) is 15. The molecule has 0 spiro atoms. The van der Waals surface area contributed by atoms with E-state index in [2.05, 4.69) is 55.4 Å². The molecule has 0 bridgehead atoms. The maximum absolute atomic E-state index is 13.2. The number of phosphoric acid groups is 2. The SMILES string of the molecule is CCC(C)CCCCCCCCCCCCCCCCCCCCC(=O)O[C@H](COC(=O)CCCCCCCCCCCCCCCCCC(C)C)COP(=O)(O)OC[C@@H](O)COP(=O)(O)OC[C@@H](COC(=O)CCCCCCCCCCC(C)CC)OC(=O)CCCCCCCCCCCCCCCCC(C)C. The van der Waals surface area contributed by atoms with Crippen molar-refractivity contribution in [2.45, 2.75) is 491 Å². The Labute approximate surface area is 670 Å². The average molecular weight is 1590 g/mol. The monoisotopic (exact) mass is 1590 g/mol. The molecule has 0 heterocycles. The molecule has 3 N–H and O–H groups in total. The van der Waals surface area contributed by atoms with Crippen molar-refractivity contribution >= 4 is 39.5 Å². The van der Waals surface area contributed by atoms with Crippen molar-refractivity contribution in [1.82, 2.24) is 0 Å². The van der Waals surface area contributed by atoms with Crippen LogP contribution in [0.4, 0.5) is 0 Å². The number of hydrogen-bond donors (Lipinski definition) is 3. The van der Waals surface area contributed by atoms with Gasteiger partial charge in [-0.1, -0.05) is 421 Å². The maximum Gasteiger partial charge on any atom is 0.472 e. The molecule has 0 aliphatic carbocycles. The van der Waals surface area contributed by atoms with Gasteiger partial charge in [0.05, 0.1) is 26.4 Å². The first-order valence-electron chi connectivity index (χ1n) is 46.3. The molecule has 19 heteroatoms. The van der Waals surface area contributed by atoms with Gasteiger partial charge in [-0.05, 0) is 49.4 Å². The Morgan fingerprint density at radius 1 is 0.257 bits per heavy atom. The first-order valence-corrected chi connectivity index (χ1v) is 49.3. The van der Waals surface area contributed by atoms with Crippen molar-refractivity contribution in [2.75, 3.05) is 39.6 Å². The van der Waals surface area contributed by atoms with Gasteiger partial charge >= 0.3 is 39.5 Å². The van der Waals surface area contributed by atoms with Crippen LogP contribution in [-0.4, -0.2) is 96.7 Å². The fraction of sp³-hybridized carbons (Fsp3) is 0.956.